The van der Waals surface area contributed by atoms with Crippen molar-refractivity contribution in [1.29, 1.82) is 0 Å². The van der Waals surface area contributed by atoms with Crippen molar-refractivity contribution in [3.05, 3.63) is 36.5 Å². The fourth-order valence-corrected chi connectivity index (χ4v) is 1.59. The average Bonchev–Trinajstić information content (AvgIpc) is 2.30. The molecule has 15 heavy (non-hydrogen) atoms. The van der Waals surface area contributed by atoms with E-state index in [1.807, 2.05) is 24.5 Å². The van der Waals surface area contributed by atoms with Gasteiger partial charge >= 0.3 is 0 Å². The third kappa shape index (κ3) is 2.27. The fourth-order valence-electron chi connectivity index (χ4n) is 1.23. The molecule has 4 heteroatoms. The molecule has 0 aliphatic heterocycles. The Bertz CT molecular complexity index is 456. The molecule has 0 fully saturated rings. The second-order valence-electron chi connectivity index (χ2n) is 2.98. The summed E-state index contributed by atoms with van der Waals surface area (Å²) >= 11 is 1.51. The molecule has 0 bridgehead atoms. The molecule has 0 aliphatic carbocycles. The topological polar surface area (TPSA) is 46.0 Å². The maximum absolute atomic E-state index is 9.17. The molecule has 0 radical (unpaired) electrons. The quantitative estimate of drug-likeness (QED) is 0.621. The average molecular weight is 218 g/mol. The van der Waals surface area contributed by atoms with Crippen LogP contribution < -0.4 is 0 Å². The summed E-state index contributed by atoms with van der Waals surface area (Å²) in [6.07, 6.45) is 3.68. The van der Waals surface area contributed by atoms with Crippen molar-refractivity contribution in [2.24, 2.45) is 0 Å². The molecule has 76 valence electrons. The van der Waals surface area contributed by atoms with Crippen LogP contribution in [0.1, 0.15) is 0 Å². The van der Waals surface area contributed by atoms with Crippen LogP contribution in [0.3, 0.4) is 0 Å². The summed E-state index contributed by atoms with van der Waals surface area (Å²) in [5.74, 6) is 0.262. The van der Waals surface area contributed by atoms with Gasteiger partial charge in [0.15, 0.2) is 5.16 Å². The van der Waals surface area contributed by atoms with Crippen LogP contribution in [0.15, 0.2) is 41.7 Å². The van der Waals surface area contributed by atoms with E-state index in [9.17, 15) is 0 Å². The summed E-state index contributed by atoms with van der Waals surface area (Å²) in [7, 11) is 0. The van der Waals surface area contributed by atoms with Crippen molar-refractivity contribution in [3.8, 4) is 17.0 Å². The Morgan fingerprint density at radius 3 is 2.53 bits per heavy atom. The van der Waals surface area contributed by atoms with E-state index in [0.717, 1.165) is 16.4 Å². The number of aromatic hydroxyl groups is 1. The highest BCUT2D eigenvalue weighted by Gasteiger charge is 2.01. The van der Waals surface area contributed by atoms with Crippen molar-refractivity contribution in [2.75, 3.05) is 6.26 Å². The lowest BCUT2D eigenvalue weighted by molar-refractivity contribution is 0.475. The second-order valence-corrected chi connectivity index (χ2v) is 3.75. The van der Waals surface area contributed by atoms with Gasteiger partial charge in [-0.3, -0.25) is 0 Å². The predicted molar refractivity (Wildman–Crippen MR) is 60.9 cm³/mol. The largest absolute Gasteiger partial charge is 0.508 e. The lowest BCUT2D eigenvalue weighted by Crippen LogP contribution is -1.88. The number of benzene rings is 1. The molecule has 0 unspecified atom stereocenters. The number of phenolic OH excluding ortho intramolecular Hbond substituents is 1. The zero-order chi connectivity index (χ0) is 10.7. The first kappa shape index (κ1) is 9.98. The van der Waals surface area contributed by atoms with Crippen molar-refractivity contribution in [1.82, 2.24) is 9.97 Å². The predicted octanol–water partition coefficient (Wildman–Crippen LogP) is 2.57. The Labute approximate surface area is 92.2 Å². The lowest BCUT2D eigenvalue weighted by Gasteiger charge is -2.01. The van der Waals surface area contributed by atoms with Crippen LogP contribution >= 0.6 is 11.8 Å². The molecule has 0 amide bonds. The van der Waals surface area contributed by atoms with E-state index >= 15 is 0 Å². The number of thioether (sulfide) groups is 1. The van der Waals surface area contributed by atoms with Gasteiger partial charge in [-0.15, -0.1) is 0 Å². The summed E-state index contributed by atoms with van der Waals surface area (Å²) in [6, 6.07) is 8.82. The van der Waals surface area contributed by atoms with E-state index < -0.39 is 0 Å². The van der Waals surface area contributed by atoms with Gasteiger partial charge in [-0.1, -0.05) is 11.8 Å². The first-order chi connectivity index (χ1) is 7.29. The third-order valence-electron chi connectivity index (χ3n) is 1.98. The smallest absolute Gasteiger partial charge is 0.187 e. The number of hydrogen-bond donors (Lipinski definition) is 1. The lowest BCUT2D eigenvalue weighted by atomic mass is 10.1. The standard InChI is InChI=1S/C11H10N2OS/c1-15-11-12-7-6-10(13-11)8-2-4-9(14)5-3-8/h2-7,14H,1H3. The molecule has 0 saturated carbocycles. The van der Waals surface area contributed by atoms with Gasteiger partial charge in [0.05, 0.1) is 5.69 Å². The minimum atomic E-state index is 0.262. The van der Waals surface area contributed by atoms with E-state index in [1.165, 1.54) is 11.8 Å². The van der Waals surface area contributed by atoms with Crippen molar-refractivity contribution >= 4 is 11.8 Å². The number of phenols is 1. The molecule has 2 aromatic rings. The molecule has 0 spiro atoms. The van der Waals surface area contributed by atoms with Crippen LogP contribution in [-0.2, 0) is 0 Å². The van der Waals surface area contributed by atoms with Crippen LogP contribution in [0.5, 0.6) is 5.75 Å². The fraction of sp³-hybridized carbons (Fsp3) is 0.0909. The highest BCUT2D eigenvalue weighted by atomic mass is 32.2. The number of hydrogen-bond acceptors (Lipinski definition) is 4. The molecular weight excluding hydrogens is 208 g/mol. The molecule has 1 aromatic carbocycles. The van der Waals surface area contributed by atoms with Gasteiger partial charge in [0, 0.05) is 11.8 Å². The number of nitrogens with zero attached hydrogens (tertiary/aromatic N) is 2. The first-order valence-electron chi connectivity index (χ1n) is 4.46. The Morgan fingerprint density at radius 2 is 1.87 bits per heavy atom. The van der Waals surface area contributed by atoms with Gasteiger partial charge in [0.2, 0.25) is 0 Å². The summed E-state index contributed by atoms with van der Waals surface area (Å²) in [5, 5.41) is 9.92. The van der Waals surface area contributed by atoms with Crippen LogP contribution in [0, 0.1) is 0 Å². The third-order valence-corrected chi connectivity index (χ3v) is 2.54. The Kier molecular flexibility index (Phi) is 2.87. The van der Waals surface area contributed by atoms with Gasteiger partial charge in [-0.05, 0) is 36.6 Å². The van der Waals surface area contributed by atoms with E-state index in [1.54, 1.807) is 18.3 Å². The van der Waals surface area contributed by atoms with Gasteiger partial charge < -0.3 is 5.11 Å². The van der Waals surface area contributed by atoms with E-state index in [4.69, 9.17) is 5.11 Å². The summed E-state index contributed by atoms with van der Waals surface area (Å²) in [4.78, 5) is 8.46. The Balaban J connectivity index is 2.40. The minimum absolute atomic E-state index is 0.262. The molecule has 0 aliphatic rings. The zero-order valence-electron chi connectivity index (χ0n) is 8.21. The molecule has 1 aromatic heterocycles. The maximum Gasteiger partial charge on any atom is 0.187 e. The van der Waals surface area contributed by atoms with E-state index in [2.05, 4.69) is 9.97 Å². The van der Waals surface area contributed by atoms with Crippen molar-refractivity contribution in [3.63, 3.8) is 0 Å². The van der Waals surface area contributed by atoms with Crippen molar-refractivity contribution < 1.29 is 5.11 Å². The molecule has 0 atom stereocenters. The normalized spacial score (nSPS) is 10.2. The Morgan fingerprint density at radius 1 is 1.13 bits per heavy atom. The summed E-state index contributed by atoms with van der Waals surface area (Å²) in [6.45, 7) is 0. The van der Waals surface area contributed by atoms with E-state index in [0.29, 0.717) is 0 Å². The first-order valence-corrected chi connectivity index (χ1v) is 5.68. The highest BCUT2D eigenvalue weighted by Crippen LogP contribution is 2.21. The maximum atomic E-state index is 9.17. The molecule has 1 heterocycles. The molecule has 0 saturated heterocycles. The van der Waals surface area contributed by atoms with Crippen LogP contribution in [0.25, 0.3) is 11.3 Å². The van der Waals surface area contributed by atoms with Crippen LogP contribution in [0.2, 0.25) is 0 Å². The SMILES string of the molecule is CSc1nccc(-c2ccc(O)cc2)n1. The highest BCUT2D eigenvalue weighted by molar-refractivity contribution is 7.98. The number of rotatable bonds is 2. The van der Waals surface area contributed by atoms with E-state index in [-0.39, 0.29) is 5.75 Å². The zero-order valence-corrected chi connectivity index (χ0v) is 9.03. The van der Waals surface area contributed by atoms with Gasteiger partial charge in [-0.25, -0.2) is 9.97 Å². The molecular formula is C11H10N2OS. The Hall–Kier alpha value is -1.55. The summed E-state index contributed by atoms with van der Waals surface area (Å²) in [5.41, 5.74) is 1.85. The van der Waals surface area contributed by atoms with Crippen LogP contribution in [0.4, 0.5) is 0 Å². The van der Waals surface area contributed by atoms with Gasteiger partial charge in [0.1, 0.15) is 5.75 Å². The molecule has 1 N–H and O–H groups in total. The second kappa shape index (κ2) is 4.31. The summed E-state index contributed by atoms with van der Waals surface area (Å²) < 4.78 is 0. The van der Waals surface area contributed by atoms with Gasteiger partial charge in [-0.2, -0.15) is 0 Å². The molecule has 2 rings (SSSR count). The minimum Gasteiger partial charge on any atom is -0.508 e. The van der Waals surface area contributed by atoms with Gasteiger partial charge in [0.25, 0.3) is 0 Å². The molecule has 3 nitrogen and oxygen atoms in total. The monoisotopic (exact) mass is 218 g/mol. The van der Waals surface area contributed by atoms with Crippen LogP contribution in [-0.4, -0.2) is 21.3 Å². The number of aromatic nitrogens is 2. The van der Waals surface area contributed by atoms with Crippen molar-refractivity contribution in [2.45, 2.75) is 5.16 Å².